The molecule has 3 aromatic heterocycles. The number of nitrogens with zero attached hydrogens (tertiary/aromatic N) is 4. The molecule has 0 spiro atoms. The molecule has 5 rings (SSSR count). The number of nitrogen functional groups attached to an aromatic ring is 1. The van der Waals surface area contributed by atoms with Crippen molar-refractivity contribution in [3.05, 3.63) is 81.6 Å². The van der Waals surface area contributed by atoms with E-state index >= 15 is 0 Å². The molecule has 0 saturated carbocycles. The van der Waals surface area contributed by atoms with Crippen LogP contribution in [0.5, 0.6) is 0 Å². The molecule has 2 aromatic carbocycles. The first-order valence-electron chi connectivity index (χ1n) is 8.84. The van der Waals surface area contributed by atoms with E-state index in [0.29, 0.717) is 39.3 Å². The summed E-state index contributed by atoms with van der Waals surface area (Å²) >= 11 is 3.43. The van der Waals surface area contributed by atoms with Crippen molar-refractivity contribution in [1.29, 1.82) is 0 Å². The van der Waals surface area contributed by atoms with Crippen LogP contribution in [0, 0.1) is 0 Å². The summed E-state index contributed by atoms with van der Waals surface area (Å²) in [5.41, 5.74) is 8.72. The lowest BCUT2D eigenvalue weighted by Gasteiger charge is -2.11. The van der Waals surface area contributed by atoms with Gasteiger partial charge in [0.15, 0.2) is 11.5 Å². The summed E-state index contributed by atoms with van der Waals surface area (Å²) in [6, 6.07) is 14.9. The Kier molecular flexibility index (Phi) is 4.13. The Morgan fingerprint density at radius 3 is 2.72 bits per heavy atom. The van der Waals surface area contributed by atoms with E-state index in [2.05, 4.69) is 30.9 Å². The Bertz CT molecular complexity index is 1430. The number of hydrogen-bond donors (Lipinski definition) is 1. The Morgan fingerprint density at radius 1 is 1.07 bits per heavy atom. The number of hydrogen-bond acceptors (Lipinski definition) is 6. The molecule has 0 unspecified atom stereocenters. The molecule has 2 N–H and O–H groups in total. The standard InChI is InChI=1S/C21H14BrN5O2/c22-13-6-7-15-14(8-13)19(28)17(12-4-2-1-3-5-12)16(29-15)9-27-11-26-18-20(23)24-10-25-21(18)27/h1-8,10-11H,9H2,(H2,23,24,25). The molecule has 0 radical (unpaired) electrons. The molecule has 0 atom stereocenters. The van der Waals surface area contributed by atoms with E-state index in [1.807, 2.05) is 36.4 Å². The second kappa shape index (κ2) is 6.82. The van der Waals surface area contributed by atoms with Gasteiger partial charge in [-0.15, -0.1) is 0 Å². The number of nitrogens with two attached hydrogens (primary N) is 1. The van der Waals surface area contributed by atoms with E-state index in [1.165, 1.54) is 6.33 Å². The highest BCUT2D eigenvalue weighted by atomic mass is 79.9. The number of aromatic nitrogens is 4. The normalized spacial score (nSPS) is 11.3. The topological polar surface area (TPSA) is 99.8 Å². The van der Waals surface area contributed by atoms with Crippen LogP contribution in [0.15, 0.2) is 74.9 Å². The van der Waals surface area contributed by atoms with E-state index in [-0.39, 0.29) is 12.0 Å². The fraction of sp³-hybridized carbons (Fsp3) is 0.0476. The lowest BCUT2D eigenvalue weighted by atomic mass is 10.0. The Balaban J connectivity index is 1.77. The minimum absolute atomic E-state index is 0.0905. The molecule has 3 heterocycles. The SMILES string of the molecule is Nc1ncnc2c1ncn2Cc1oc2ccc(Br)cc2c(=O)c1-c1ccccc1. The summed E-state index contributed by atoms with van der Waals surface area (Å²) in [5, 5.41) is 0.518. The van der Waals surface area contributed by atoms with Crippen molar-refractivity contribution in [1.82, 2.24) is 19.5 Å². The van der Waals surface area contributed by atoms with Crippen LogP contribution < -0.4 is 11.2 Å². The van der Waals surface area contributed by atoms with Gasteiger partial charge < -0.3 is 14.7 Å². The van der Waals surface area contributed by atoms with Crippen molar-refractivity contribution < 1.29 is 4.42 Å². The molecule has 0 saturated heterocycles. The van der Waals surface area contributed by atoms with Gasteiger partial charge in [-0.1, -0.05) is 46.3 Å². The highest BCUT2D eigenvalue weighted by Crippen LogP contribution is 2.27. The average molecular weight is 448 g/mol. The molecule has 0 aliphatic rings. The van der Waals surface area contributed by atoms with Gasteiger partial charge in [-0.25, -0.2) is 15.0 Å². The Morgan fingerprint density at radius 2 is 1.90 bits per heavy atom. The number of imidazole rings is 1. The molecule has 0 aliphatic carbocycles. The molecular formula is C21H14BrN5O2. The van der Waals surface area contributed by atoms with Gasteiger partial charge in [0.05, 0.1) is 23.8 Å². The maximum absolute atomic E-state index is 13.4. The summed E-state index contributed by atoms with van der Waals surface area (Å²) < 4.78 is 8.80. The number of benzene rings is 2. The van der Waals surface area contributed by atoms with Crippen LogP contribution in [-0.4, -0.2) is 19.5 Å². The zero-order valence-electron chi connectivity index (χ0n) is 15.0. The zero-order valence-corrected chi connectivity index (χ0v) is 16.6. The maximum Gasteiger partial charge on any atom is 0.200 e. The van der Waals surface area contributed by atoms with Crippen LogP contribution in [0.4, 0.5) is 5.82 Å². The van der Waals surface area contributed by atoms with Gasteiger partial charge in [-0.05, 0) is 23.8 Å². The second-order valence-corrected chi connectivity index (χ2v) is 7.46. The molecule has 29 heavy (non-hydrogen) atoms. The van der Waals surface area contributed by atoms with E-state index in [1.54, 1.807) is 23.0 Å². The van der Waals surface area contributed by atoms with Gasteiger partial charge in [-0.2, -0.15) is 0 Å². The van der Waals surface area contributed by atoms with Gasteiger partial charge >= 0.3 is 0 Å². The van der Waals surface area contributed by atoms with Gasteiger partial charge in [0, 0.05) is 4.47 Å². The first-order valence-corrected chi connectivity index (χ1v) is 9.63. The summed E-state index contributed by atoms with van der Waals surface area (Å²) in [6.07, 6.45) is 3.01. The van der Waals surface area contributed by atoms with Crippen LogP contribution in [0.2, 0.25) is 0 Å². The van der Waals surface area contributed by atoms with E-state index in [0.717, 1.165) is 10.0 Å². The molecular weight excluding hydrogens is 434 g/mol. The minimum atomic E-state index is -0.0905. The highest BCUT2D eigenvalue weighted by Gasteiger charge is 2.18. The van der Waals surface area contributed by atoms with E-state index < -0.39 is 0 Å². The monoisotopic (exact) mass is 447 g/mol. The molecule has 8 heteroatoms. The van der Waals surface area contributed by atoms with Crippen LogP contribution >= 0.6 is 15.9 Å². The van der Waals surface area contributed by atoms with Crippen molar-refractivity contribution in [2.45, 2.75) is 6.54 Å². The van der Waals surface area contributed by atoms with Crippen LogP contribution in [0.1, 0.15) is 5.76 Å². The first kappa shape index (κ1) is 17.6. The van der Waals surface area contributed by atoms with Crippen LogP contribution in [0.25, 0.3) is 33.3 Å². The predicted molar refractivity (Wildman–Crippen MR) is 114 cm³/mol. The zero-order chi connectivity index (χ0) is 20.0. The summed E-state index contributed by atoms with van der Waals surface area (Å²) in [4.78, 5) is 25.9. The number of rotatable bonds is 3. The third-order valence-electron chi connectivity index (χ3n) is 4.73. The first-order chi connectivity index (χ1) is 14.1. The van der Waals surface area contributed by atoms with Gasteiger partial charge in [0.1, 0.15) is 23.2 Å². The molecule has 0 fully saturated rings. The largest absolute Gasteiger partial charge is 0.458 e. The lowest BCUT2D eigenvalue weighted by molar-refractivity contribution is 0.521. The molecule has 0 aliphatic heterocycles. The number of halogens is 1. The highest BCUT2D eigenvalue weighted by molar-refractivity contribution is 9.10. The third kappa shape index (κ3) is 2.98. The predicted octanol–water partition coefficient (Wildman–Crippen LogP) is 3.99. The summed E-state index contributed by atoms with van der Waals surface area (Å²) in [6.45, 7) is 0.276. The summed E-state index contributed by atoms with van der Waals surface area (Å²) in [7, 11) is 0. The van der Waals surface area contributed by atoms with Crippen molar-refractivity contribution in [2.24, 2.45) is 0 Å². The number of anilines is 1. The van der Waals surface area contributed by atoms with Gasteiger partial charge in [0.25, 0.3) is 0 Å². The maximum atomic E-state index is 13.4. The lowest BCUT2D eigenvalue weighted by Crippen LogP contribution is -2.12. The van der Waals surface area contributed by atoms with Crippen molar-refractivity contribution in [2.75, 3.05) is 5.73 Å². The average Bonchev–Trinajstić information content (AvgIpc) is 3.14. The van der Waals surface area contributed by atoms with Crippen LogP contribution in [0.3, 0.4) is 0 Å². The van der Waals surface area contributed by atoms with Crippen molar-refractivity contribution in [3.8, 4) is 11.1 Å². The number of fused-ring (bicyclic) bond motifs is 2. The third-order valence-corrected chi connectivity index (χ3v) is 5.22. The fourth-order valence-corrected chi connectivity index (χ4v) is 3.75. The van der Waals surface area contributed by atoms with E-state index in [4.69, 9.17) is 10.2 Å². The van der Waals surface area contributed by atoms with Gasteiger partial charge in [0.2, 0.25) is 5.43 Å². The van der Waals surface area contributed by atoms with E-state index in [9.17, 15) is 4.79 Å². The second-order valence-electron chi connectivity index (χ2n) is 6.54. The minimum Gasteiger partial charge on any atom is -0.458 e. The van der Waals surface area contributed by atoms with Crippen molar-refractivity contribution in [3.63, 3.8) is 0 Å². The molecule has 0 bridgehead atoms. The quantitative estimate of drug-likeness (QED) is 0.448. The van der Waals surface area contributed by atoms with Crippen molar-refractivity contribution >= 4 is 43.9 Å². The Labute approximate surface area is 173 Å². The molecule has 5 aromatic rings. The summed E-state index contributed by atoms with van der Waals surface area (Å²) in [5.74, 6) is 0.828. The molecule has 0 amide bonds. The van der Waals surface area contributed by atoms with Crippen LogP contribution in [-0.2, 0) is 6.54 Å². The molecule has 7 nitrogen and oxygen atoms in total. The smallest absolute Gasteiger partial charge is 0.200 e. The molecule has 142 valence electrons. The fourth-order valence-electron chi connectivity index (χ4n) is 3.39. The Hall–Kier alpha value is -3.52. The van der Waals surface area contributed by atoms with Gasteiger partial charge in [-0.3, -0.25) is 4.79 Å².